The molecule has 0 saturated heterocycles. The third-order valence-corrected chi connectivity index (χ3v) is 4.99. The van der Waals surface area contributed by atoms with Gasteiger partial charge in [0.05, 0.1) is 0 Å². The molecule has 3 heteroatoms. The highest BCUT2D eigenvalue weighted by Crippen LogP contribution is 2.36. The Morgan fingerprint density at radius 3 is 2.44 bits per heavy atom. The highest BCUT2D eigenvalue weighted by Gasteiger charge is 2.32. The molecule has 0 heterocycles. The van der Waals surface area contributed by atoms with E-state index in [1.807, 2.05) is 6.07 Å². The van der Waals surface area contributed by atoms with Crippen LogP contribution in [0.5, 0.6) is 0 Å². The minimum Gasteiger partial charge on any atom is -0.126 e. The molecule has 0 amide bonds. The van der Waals surface area contributed by atoms with Crippen molar-refractivity contribution in [2.75, 3.05) is 11.8 Å². The van der Waals surface area contributed by atoms with Gasteiger partial charge in [-0.25, -0.2) is 0 Å². The van der Waals surface area contributed by atoms with E-state index < -0.39 is 0 Å². The lowest BCUT2D eigenvalue weighted by Crippen LogP contribution is -2.32. The van der Waals surface area contributed by atoms with Gasteiger partial charge >= 0.3 is 0 Å². The second kappa shape index (κ2) is 7.77. The van der Waals surface area contributed by atoms with Crippen molar-refractivity contribution in [1.29, 1.82) is 0 Å². The first-order valence-corrected chi connectivity index (χ1v) is 8.32. The minimum absolute atomic E-state index is 0.110. The Kier molecular flexibility index (Phi) is 7.05. The molecule has 0 radical (unpaired) electrons. The van der Waals surface area contributed by atoms with Crippen molar-refractivity contribution in [3.63, 3.8) is 0 Å². The Bertz CT molecular complexity index is 361. The quantitative estimate of drug-likeness (QED) is 0.529. The summed E-state index contributed by atoms with van der Waals surface area (Å²) in [5.41, 5.74) is 1.13. The molecule has 0 nitrogen and oxygen atoms in total. The lowest BCUT2D eigenvalue weighted by Gasteiger charge is -2.33. The van der Waals surface area contributed by atoms with E-state index in [2.05, 4.69) is 48.0 Å². The summed E-state index contributed by atoms with van der Waals surface area (Å²) in [5.74, 6) is 1.79. The van der Waals surface area contributed by atoms with Crippen LogP contribution < -0.4 is 0 Å². The Hall–Kier alpha value is 0.280. The van der Waals surface area contributed by atoms with E-state index >= 15 is 0 Å². The molecule has 0 spiro atoms. The molecule has 1 unspecified atom stereocenters. The molecule has 1 atom stereocenters. The molecule has 102 valence electrons. The maximum Gasteiger partial charge on any atom is 0.0332 e. The van der Waals surface area contributed by atoms with Crippen LogP contribution in [0, 0.1) is 5.92 Å². The van der Waals surface area contributed by atoms with Gasteiger partial charge in [0, 0.05) is 21.6 Å². The summed E-state index contributed by atoms with van der Waals surface area (Å²) in [5, 5.41) is 0. The Morgan fingerprint density at radius 1 is 1.28 bits per heavy atom. The normalized spacial score (nSPS) is 13.6. The number of halogens is 3. The van der Waals surface area contributed by atoms with Gasteiger partial charge in [-0.05, 0) is 30.0 Å². The van der Waals surface area contributed by atoms with Crippen molar-refractivity contribution < 1.29 is 0 Å². The van der Waals surface area contributed by atoms with Gasteiger partial charge in [0.15, 0.2) is 0 Å². The van der Waals surface area contributed by atoms with Gasteiger partial charge in [0.2, 0.25) is 0 Å². The van der Waals surface area contributed by atoms with E-state index in [0.29, 0.717) is 17.7 Å². The molecule has 1 aromatic carbocycles. The summed E-state index contributed by atoms with van der Waals surface area (Å²) >= 11 is 16.0. The lowest BCUT2D eigenvalue weighted by molar-refractivity contribution is 0.368. The molecule has 0 fully saturated rings. The fourth-order valence-electron chi connectivity index (χ4n) is 2.50. The summed E-state index contributed by atoms with van der Waals surface area (Å²) < 4.78 is 1.09. The first-order valence-electron chi connectivity index (χ1n) is 6.46. The predicted octanol–water partition coefficient (Wildman–Crippen LogP) is 5.99. The molecule has 18 heavy (non-hydrogen) atoms. The van der Waals surface area contributed by atoms with Crippen LogP contribution in [0.4, 0.5) is 0 Å². The van der Waals surface area contributed by atoms with Gasteiger partial charge in [0.25, 0.3) is 0 Å². The molecular weight excluding hydrogens is 331 g/mol. The summed E-state index contributed by atoms with van der Waals surface area (Å²) in [7, 11) is 0. The second-order valence-corrected chi connectivity index (χ2v) is 6.61. The minimum atomic E-state index is -0.110. The predicted molar refractivity (Wildman–Crippen MR) is 85.9 cm³/mol. The van der Waals surface area contributed by atoms with Crippen LogP contribution in [0.15, 0.2) is 28.7 Å². The molecule has 0 bridgehead atoms. The maximum absolute atomic E-state index is 6.26. The highest BCUT2D eigenvalue weighted by atomic mass is 79.9. The van der Waals surface area contributed by atoms with Crippen molar-refractivity contribution in [2.45, 2.75) is 38.5 Å². The van der Waals surface area contributed by atoms with Gasteiger partial charge in [-0.15, -0.1) is 23.2 Å². The van der Waals surface area contributed by atoms with Crippen LogP contribution >= 0.6 is 39.1 Å². The lowest BCUT2D eigenvalue weighted by atomic mass is 9.76. The Labute approximate surface area is 129 Å². The van der Waals surface area contributed by atoms with Crippen LogP contribution in [0.25, 0.3) is 0 Å². The highest BCUT2D eigenvalue weighted by molar-refractivity contribution is 9.10. The van der Waals surface area contributed by atoms with E-state index in [4.69, 9.17) is 23.2 Å². The molecule has 0 aromatic heterocycles. The molecule has 1 rings (SSSR count). The van der Waals surface area contributed by atoms with Gasteiger partial charge in [-0.3, -0.25) is 0 Å². The summed E-state index contributed by atoms with van der Waals surface area (Å²) in [4.78, 5) is 0. The third-order valence-electron chi connectivity index (χ3n) is 3.47. The first-order chi connectivity index (χ1) is 8.57. The summed E-state index contributed by atoms with van der Waals surface area (Å²) in [6.07, 6.45) is 3.48. The van der Waals surface area contributed by atoms with E-state index in [0.717, 1.165) is 10.9 Å². The number of hydrogen-bond acceptors (Lipinski definition) is 0. The van der Waals surface area contributed by atoms with Gasteiger partial charge < -0.3 is 0 Å². The summed E-state index contributed by atoms with van der Waals surface area (Å²) in [6.45, 7) is 4.51. The standard InChI is InChI=1S/C15H21BrCl2/c1-3-5-12(2)9-15(10-17,11-18)13-6-4-7-14(16)8-13/h4,6-8,12H,3,5,9-11H2,1-2H3. The van der Waals surface area contributed by atoms with Crippen LogP contribution in [-0.4, -0.2) is 11.8 Å². The van der Waals surface area contributed by atoms with Crippen LogP contribution in [0.3, 0.4) is 0 Å². The maximum atomic E-state index is 6.26. The fraction of sp³-hybridized carbons (Fsp3) is 0.600. The summed E-state index contributed by atoms with van der Waals surface area (Å²) in [6, 6.07) is 8.36. The van der Waals surface area contributed by atoms with Gasteiger partial charge in [-0.1, -0.05) is 54.8 Å². The van der Waals surface area contributed by atoms with E-state index in [-0.39, 0.29) is 5.41 Å². The van der Waals surface area contributed by atoms with Crippen molar-refractivity contribution in [1.82, 2.24) is 0 Å². The number of alkyl halides is 2. The van der Waals surface area contributed by atoms with Crippen molar-refractivity contribution >= 4 is 39.1 Å². The monoisotopic (exact) mass is 350 g/mol. The number of rotatable bonds is 7. The molecule has 0 aliphatic rings. The van der Waals surface area contributed by atoms with Crippen molar-refractivity contribution in [3.05, 3.63) is 34.3 Å². The number of benzene rings is 1. The zero-order valence-corrected chi connectivity index (χ0v) is 14.2. The number of hydrogen-bond donors (Lipinski definition) is 0. The average molecular weight is 352 g/mol. The fourth-order valence-corrected chi connectivity index (χ4v) is 3.71. The van der Waals surface area contributed by atoms with Gasteiger partial charge in [-0.2, -0.15) is 0 Å². The average Bonchev–Trinajstić information content (AvgIpc) is 2.36. The van der Waals surface area contributed by atoms with Crippen LogP contribution in [0.2, 0.25) is 0 Å². The largest absolute Gasteiger partial charge is 0.126 e. The van der Waals surface area contributed by atoms with Crippen molar-refractivity contribution in [2.24, 2.45) is 5.92 Å². The second-order valence-electron chi connectivity index (χ2n) is 5.16. The molecule has 1 aromatic rings. The topological polar surface area (TPSA) is 0 Å². The van der Waals surface area contributed by atoms with E-state index in [1.165, 1.54) is 18.4 Å². The molecule has 0 N–H and O–H groups in total. The zero-order chi connectivity index (χ0) is 13.6. The first kappa shape index (κ1) is 16.3. The molecule has 0 saturated carbocycles. The SMILES string of the molecule is CCCC(C)CC(CCl)(CCl)c1cccc(Br)c1. The van der Waals surface area contributed by atoms with Gasteiger partial charge in [0.1, 0.15) is 0 Å². The molecule has 0 aliphatic heterocycles. The third kappa shape index (κ3) is 4.15. The van der Waals surface area contributed by atoms with Crippen LogP contribution in [-0.2, 0) is 5.41 Å². The Balaban J connectivity index is 2.99. The molecule has 0 aliphatic carbocycles. The smallest absolute Gasteiger partial charge is 0.0332 e. The molecular formula is C15H21BrCl2. The van der Waals surface area contributed by atoms with Crippen LogP contribution in [0.1, 0.15) is 38.7 Å². The van der Waals surface area contributed by atoms with Crippen molar-refractivity contribution in [3.8, 4) is 0 Å². The van der Waals surface area contributed by atoms with E-state index in [9.17, 15) is 0 Å². The van der Waals surface area contributed by atoms with E-state index in [1.54, 1.807) is 0 Å². The Morgan fingerprint density at radius 2 is 1.94 bits per heavy atom. The zero-order valence-electron chi connectivity index (χ0n) is 11.1.